The number of nitrogens with zero attached hydrogens (tertiary/aromatic N) is 1. The van der Waals surface area contributed by atoms with Crippen molar-refractivity contribution in [2.45, 2.75) is 6.04 Å². The third kappa shape index (κ3) is 4.22. The van der Waals surface area contributed by atoms with E-state index in [1.54, 1.807) is 12.1 Å². The zero-order valence-electron chi connectivity index (χ0n) is 14.8. The van der Waals surface area contributed by atoms with Crippen LogP contribution >= 0.6 is 23.2 Å². The molecule has 1 heterocycles. The molecule has 1 atom stereocenters. The molecule has 28 heavy (non-hydrogen) atoms. The number of nitrogens with one attached hydrogen (secondary N) is 1. The second kappa shape index (κ2) is 8.09. The van der Waals surface area contributed by atoms with Crippen molar-refractivity contribution >= 4 is 35.0 Å². The molecule has 0 bridgehead atoms. The van der Waals surface area contributed by atoms with Crippen LogP contribution in [0.3, 0.4) is 0 Å². The summed E-state index contributed by atoms with van der Waals surface area (Å²) in [6.07, 6.45) is 6.15. The fourth-order valence-corrected chi connectivity index (χ4v) is 3.33. The van der Waals surface area contributed by atoms with Crippen LogP contribution < -0.4 is 10.4 Å². The highest BCUT2D eigenvalue weighted by molar-refractivity contribution is 6.30. The van der Waals surface area contributed by atoms with Gasteiger partial charge in [0.1, 0.15) is 5.82 Å². The molecule has 0 spiro atoms. The number of hydrogen-bond donors (Lipinski definition) is 1. The van der Waals surface area contributed by atoms with Crippen LogP contribution in [-0.4, -0.2) is 0 Å². The highest BCUT2D eigenvalue weighted by atomic mass is 35.5. The van der Waals surface area contributed by atoms with Crippen LogP contribution in [0, 0.1) is 5.82 Å². The minimum absolute atomic E-state index is 0.0485. The smallest absolute Gasteiger partial charge is 0.123 e. The first-order chi connectivity index (χ1) is 13.6. The van der Waals surface area contributed by atoms with Gasteiger partial charge in [0.15, 0.2) is 0 Å². The third-order valence-corrected chi connectivity index (χ3v) is 5.01. The van der Waals surface area contributed by atoms with Crippen molar-refractivity contribution in [2.75, 3.05) is 5.01 Å². The lowest BCUT2D eigenvalue weighted by Crippen LogP contribution is -2.34. The average molecular weight is 411 g/mol. The highest BCUT2D eigenvalue weighted by Crippen LogP contribution is 2.33. The number of hydrazine groups is 1. The predicted octanol–water partition coefficient (Wildman–Crippen LogP) is 6.80. The molecule has 1 N–H and O–H groups in total. The Hall–Kier alpha value is -2.75. The SMILES string of the molecule is Fc1ccc(N2NC(/C=C/c3ccc(Cl)cc3)=C[C@H]2c2ccc(Cl)cc2)cc1. The fraction of sp³-hybridized carbons (Fsp3) is 0.0435. The minimum atomic E-state index is -0.262. The van der Waals surface area contributed by atoms with Crippen LogP contribution in [0.2, 0.25) is 10.0 Å². The maximum atomic E-state index is 13.4. The normalized spacial score (nSPS) is 16.3. The van der Waals surface area contributed by atoms with E-state index in [1.807, 2.05) is 65.7 Å². The van der Waals surface area contributed by atoms with Crippen molar-refractivity contribution in [3.05, 3.63) is 118 Å². The van der Waals surface area contributed by atoms with Gasteiger partial charge < -0.3 is 0 Å². The number of hydrogen-bond acceptors (Lipinski definition) is 2. The molecule has 1 aliphatic heterocycles. The van der Waals surface area contributed by atoms with Gasteiger partial charge in [0.2, 0.25) is 0 Å². The van der Waals surface area contributed by atoms with Crippen molar-refractivity contribution < 1.29 is 4.39 Å². The van der Waals surface area contributed by atoms with E-state index < -0.39 is 0 Å². The molecule has 0 saturated heterocycles. The van der Waals surface area contributed by atoms with Gasteiger partial charge in [-0.05, 0) is 71.8 Å². The van der Waals surface area contributed by atoms with Gasteiger partial charge in [-0.15, -0.1) is 0 Å². The molecule has 140 valence electrons. The summed E-state index contributed by atoms with van der Waals surface area (Å²) >= 11 is 12.0. The summed E-state index contributed by atoms with van der Waals surface area (Å²) < 4.78 is 13.4. The van der Waals surface area contributed by atoms with E-state index in [4.69, 9.17) is 23.2 Å². The number of benzene rings is 3. The molecule has 0 aromatic heterocycles. The Labute approximate surface area is 173 Å². The van der Waals surface area contributed by atoms with E-state index in [-0.39, 0.29) is 11.9 Å². The Balaban J connectivity index is 1.64. The predicted molar refractivity (Wildman–Crippen MR) is 115 cm³/mol. The van der Waals surface area contributed by atoms with E-state index in [2.05, 4.69) is 11.5 Å². The van der Waals surface area contributed by atoms with Gasteiger partial charge >= 0.3 is 0 Å². The van der Waals surface area contributed by atoms with Gasteiger partial charge in [0.05, 0.1) is 17.4 Å². The third-order valence-electron chi connectivity index (χ3n) is 4.51. The molecule has 0 amide bonds. The standard InChI is InChI=1S/C23H17Cl2FN2/c24-18-6-1-16(2-7-18)3-12-21-15-23(17-4-8-19(25)9-5-17)28(27-21)22-13-10-20(26)11-14-22/h1-15,23,27H/b12-3+/t23-/m0/s1. The van der Waals surface area contributed by atoms with Gasteiger partial charge in [0, 0.05) is 10.0 Å². The Bertz CT molecular complexity index is 1010. The van der Waals surface area contributed by atoms with Crippen LogP contribution in [0.4, 0.5) is 10.1 Å². The summed E-state index contributed by atoms with van der Waals surface area (Å²) in [5.41, 5.74) is 7.34. The lowest BCUT2D eigenvalue weighted by molar-refractivity contribution is 0.626. The van der Waals surface area contributed by atoms with E-state index in [1.165, 1.54) is 12.1 Å². The summed E-state index contributed by atoms with van der Waals surface area (Å²) in [5, 5.41) is 3.40. The van der Waals surface area contributed by atoms with Gasteiger partial charge in [0.25, 0.3) is 0 Å². The summed E-state index contributed by atoms with van der Waals surface area (Å²) in [5.74, 6) is -0.262. The summed E-state index contributed by atoms with van der Waals surface area (Å²) in [6.45, 7) is 0. The van der Waals surface area contributed by atoms with Crippen LogP contribution in [-0.2, 0) is 0 Å². The molecule has 0 aliphatic carbocycles. The number of halogens is 3. The first kappa shape index (κ1) is 18.6. The van der Waals surface area contributed by atoms with Crippen LogP contribution in [0.25, 0.3) is 6.08 Å². The van der Waals surface area contributed by atoms with E-state index in [9.17, 15) is 4.39 Å². The molecule has 0 unspecified atom stereocenters. The monoisotopic (exact) mass is 410 g/mol. The molecule has 4 rings (SSSR count). The maximum absolute atomic E-state index is 13.4. The van der Waals surface area contributed by atoms with Crippen molar-refractivity contribution in [1.82, 2.24) is 5.43 Å². The zero-order valence-corrected chi connectivity index (χ0v) is 16.3. The molecule has 2 nitrogen and oxygen atoms in total. The summed E-state index contributed by atoms with van der Waals surface area (Å²) in [7, 11) is 0. The number of rotatable bonds is 4. The van der Waals surface area contributed by atoms with E-state index >= 15 is 0 Å². The Morgan fingerprint density at radius 2 is 1.39 bits per heavy atom. The first-order valence-corrected chi connectivity index (χ1v) is 9.56. The van der Waals surface area contributed by atoms with Gasteiger partial charge in [-0.25, -0.2) is 4.39 Å². The van der Waals surface area contributed by atoms with Crippen LogP contribution in [0.5, 0.6) is 0 Å². The summed E-state index contributed by atoms with van der Waals surface area (Å²) in [4.78, 5) is 0. The second-order valence-corrected chi connectivity index (χ2v) is 7.33. The molecule has 0 fully saturated rings. The molecule has 0 saturated carbocycles. The number of anilines is 1. The molecular weight excluding hydrogens is 394 g/mol. The van der Waals surface area contributed by atoms with Crippen molar-refractivity contribution in [3.8, 4) is 0 Å². The van der Waals surface area contributed by atoms with Gasteiger partial charge in [-0.2, -0.15) is 0 Å². The Morgan fingerprint density at radius 3 is 2.04 bits per heavy atom. The Kier molecular flexibility index (Phi) is 5.38. The van der Waals surface area contributed by atoms with E-state index in [0.717, 1.165) is 22.5 Å². The Morgan fingerprint density at radius 1 is 0.786 bits per heavy atom. The lowest BCUT2D eigenvalue weighted by Gasteiger charge is -2.27. The van der Waals surface area contributed by atoms with E-state index in [0.29, 0.717) is 10.0 Å². The van der Waals surface area contributed by atoms with Crippen LogP contribution in [0.1, 0.15) is 17.2 Å². The van der Waals surface area contributed by atoms with Crippen molar-refractivity contribution in [2.24, 2.45) is 0 Å². The molecule has 3 aromatic carbocycles. The average Bonchev–Trinajstić information content (AvgIpc) is 3.13. The van der Waals surface area contributed by atoms with Crippen molar-refractivity contribution in [1.29, 1.82) is 0 Å². The highest BCUT2D eigenvalue weighted by Gasteiger charge is 2.25. The number of allylic oxidation sites excluding steroid dienone is 1. The first-order valence-electron chi connectivity index (χ1n) is 8.81. The molecular formula is C23H17Cl2FN2. The molecule has 3 aromatic rings. The molecule has 1 aliphatic rings. The fourth-order valence-electron chi connectivity index (χ4n) is 3.08. The van der Waals surface area contributed by atoms with Crippen LogP contribution in [0.15, 0.2) is 90.6 Å². The lowest BCUT2D eigenvalue weighted by atomic mass is 10.1. The van der Waals surface area contributed by atoms with Gasteiger partial charge in [-0.3, -0.25) is 10.4 Å². The maximum Gasteiger partial charge on any atom is 0.123 e. The molecule has 5 heteroatoms. The quantitative estimate of drug-likeness (QED) is 0.508. The minimum Gasteiger partial charge on any atom is -0.298 e. The topological polar surface area (TPSA) is 15.3 Å². The molecule has 0 radical (unpaired) electrons. The van der Waals surface area contributed by atoms with Crippen molar-refractivity contribution in [3.63, 3.8) is 0 Å². The second-order valence-electron chi connectivity index (χ2n) is 6.46. The largest absolute Gasteiger partial charge is 0.298 e. The summed E-state index contributed by atoms with van der Waals surface area (Å²) in [6, 6.07) is 21.7. The van der Waals surface area contributed by atoms with Gasteiger partial charge in [-0.1, -0.05) is 53.5 Å². The zero-order chi connectivity index (χ0) is 19.5.